The molecular weight excluding hydrogens is 439 g/mol. The van der Waals surface area contributed by atoms with Gasteiger partial charge < -0.3 is 15.4 Å². The number of rotatable bonds is 7. The van der Waals surface area contributed by atoms with E-state index >= 15 is 0 Å². The zero-order chi connectivity index (χ0) is 18.1. The van der Waals surface area contributed by atoms with Crippen molar-refractivity contribution in [3.05, 3.63) is 35.4 Å². The summed E-state index contributed by atoms with van der Waals surface area (Å²) in [6.07, 6.45) is 1.78. The average molecular weight is 474 g/mol. The van der Waals surface area contributed by atoms with E-state index in [9.17, 15) is 0 Å². The number of guanidine groups is 1. The molecule has 0 aromatic heterocycles. The first kappa shape index (κ1) is 23.2. The van der Waals surface area contributed by atoms with Crippen molar-refractivity contribution in [3.63, 3.8) is 0 Å². The zero-order valence-electron chi connectivity index (χ0n) is 16.6. The van der Waals surface area contributed by atoms with Crippen LogP contribution in [0.3, 0.4) is 0 Å². The van der Waals surface area contributed by atoms with Gasteiger partial charge in [-0.2, -0.15) is 0 Å². The number of hydrogen-bond acceptors (Lipinski definition) is 3. The Morgan fingerprint density at radius 2 is 1.81 bits per heavy atom. The van der Waals surface area contributed by atoms with Crippen molar-refractivity contribution in [1.82, 2.24) is 15.5 Å². The highest BCUT2D eigenvalue weighted by Gasteiger charge is 2.21. The number of ether oxygens (including phenoxy) is 1. The molecule has 1 fully saturated rings. The second-order valence-corrected chi connectivity index (χ2v) is 6.98. The van der Waals surface area contributed by atoms with Crippen LogP contribution in [0.2, 0.25) is 0 Å². The summed E-state index contributed by atoms with van der Waals surface area (Å²) < 4.78 is 5.79. The smallest absolute Gasteiger partial charge is 0.191 e. The maximum atomic E-state index is 5.79. The first-order valence-corrected chi connectivity index (χ1v) is 9.52. The van der Waals surface area contributed by atoms with Crippen molar-refractivity contribution in [1.29, 1.82) is 0 Å². The predicted molar refractivity (Wildman–Crippen MR) is 120 cm³/mol. The van der Waals surface area contributed by atoms with Gasteiger partial charge in [-0.1, -0.05) is 29.8 Å². The van der Waals surface area contributed by atoms with Gasteiger partial charge in [-0.05, 0) is 39.7 Å². The normalized spacial score (nSPS) is 21.2. The van der Waals surface area contributed by atoms with Crippen LogP contribution in [0.25, 0.3) is 0 Å². The molecule has 2 rings (SSSR count). The molecule has 148 valence electrons. The molecule has 0 amide bonds. The van der Waals surface area contributed by atoms with Crippen LogP contribution >= 0.6 is 24.0 Å². The lowest BCUT2D eigenvalue weighted by Crippen LogP contribution is -2.46. The van der Waals surface area contributed by atoms with Gasteiger partial charge in [-0.15, -0.1) is 24.0 Å². The first-order valence-electron chi connectivity index (χ1n) is 9.52. The van der Waals surface area contributed by atoms with E-state index in [4.69, 9.17) is 4.74 Å². The maximum Gasteiger partial charge on any atom is 0.191 e. The fraction of sp³-hybridized carbons (Fsp3) is 0.650. The Balaban J connectivity index is 0.00000338. The molecule has 0 spiro atoms. The van der Waals surface area contributed by atoms with Gasteiger partial charge in [0.1, 0.15) is 0 Å². The Bertz CT molecular complexity index is 525. The van der Waals surface area contributed by atoms with Crippen LogP contribution in [0.1, 0.15) is 38.3 Å². The lowest BCUT2D eigenvalue weighted by molar-refractivity contribution is -0.0679. The molecule has 2 N–H and O–H groups in total. The molecule has 2 atom stereocenters. The fourth-order valence-corrected chi connectivity index (χ4v) is 3.18. The van der Waals surface area contributed by atoms with Crippen LogP contribution in [-0.4, -0.2) is 55.8 Å². The van der Waals surface area contributed by atoms with Gasteiger partial charge in [0.25, 0.3) is 0 Å². The molecule has 0 bridgehead atoms. The summed E-state index contributed by atoms with van der Waals surface area (Å²) in [5, 5.41) is 6.77. The van der Waals surface area contributed by atoms with Crippen LogP contribution in [0.5, 0.6) is 0 Å². The van der Waals surface area contributed by atoms with E-state index < -0.39 is 0 Å². The summed E-state index contributed by atoms with van der Waals surface area (Å²) >= 11 is 0. The molecule has 1 aromatic rings. The minimum Gasteiger partial charge on any atom is -0.373 e. The predicted octanol–water partition coefficient (Wildman–Crippen LogP) is 3.17. The van der Waals surface area contributed by atoms with Crippen molar-refractivity contribution in [2.75, 3.05) is 32.7 Å². The second-order valence-electron chi connectivity index (χ2n) is 6.98. The third-order valence-electron chi connectivity index (χ3n) is 4.32. The highest BCUT2D eigenvalue weighted by molar-refractivity contribution is 14.0. The molecule has 0 saturated carbocycles. The van der Waals surface area contributed by atoms with E-state index in [2.05, 4.69) is 72.5 Å². The number of nitrogens with one attached hydrogen (secondary N) is 2. The third kappa shape index (κ3) is 8.68. The van der Waals surface area contributed by atoms with Crippen molar-refractivity contribution in [2.45, 2.75) is 52.9 Å². The highest BCUT2D eigenvalue weighted by Crippen LogP contribution is 2.10. The first-order chi connectivity index (χ1) is 12.1. The van der Waals surface area contributed by atoms with Crippen molar-refractivity contribution in [3.8, 4) is 0 Å². The van der Waals surface area contributed by atoms with Gasteiger partial charge in [0, 0.05) is 32.7 Å². The fourth-order valence-electron chi connectivity index (χ4n) is 3.18. The molecule has 26 heavy (non-hydrogen) atoms. The summed E-state index contributed by atoms with van der Waals surface area (Å²) in [5.74, 6) is 0.895. The topological polar surface area (TPSA) is 48.9 Å². The standard InChI is InChI=1S/C20H34N4O.HI/c1-5-21-20(23-13-19-9-7-16(2)8-10-19)22-11-6-12-24-14-17(3)25-18(4)15-24;/h7-10,17-18H,5-6,11-15H2,1-4H3,(H2,21,22,23);1H. The molecule has 1 aliphatic rings. The summed E-state index contributed by atoms with van der Waals surface area (Å²) in [6, 6.07) is 8.55. The summed E-state index contributed by atoms with van der Waals surface area (Å²) in [5.41, 5.74) is 2.52. The molecule has 1 heterocycles. The van der Waals surface area contributed by atoms with Gasteiger partial charge in [-0.25, -0.2) is 4.99 Å². The van der Waals surface area contributed by atoms with Crippen LogP contribution in [-0.2, 0) is 11.3 Å². The monoisotopic (exact) mass is 474 g/mol. The second kappa shape index (κ2) is 12.5. The lowest BCUT2D eigenvalue weighted by atomic mass is 10.1. The Kier molecular flexibility index (Phi) is 11.2. The van der Waals surface area contributed by atoms with Crippen molar-refractivity contribution in [2.24, 2.45) is 4.99 Å². The molecule has 2 unspecified atom stereocenters. The highest BCUT2D eigenvalue weighted by atomic mass is 127. The quantitative estimate of drug-likeness (QED) is 0.276. The average Bonchev–Trinajstić information content (AvgIpc) is 2.57. The van der Waals surface area contributed by atoms with Crippen LogP contribution < -0.4 is 10.6 Å². The number of aryl methyl sites for hydroxylation is 1. The maximum absolute atomic E-state index is 5.79. The Hall–Kier alpha value is -0.860. The van der Waals surface area contributed by atoms with E-state index in [1.807, 2.05) is 0 Å². The molecule has 1 aromatic carbocycles. The summed E-state index contributed by atoms with van der Waals surface area (Å²) in [6.45, 7) is 14.2. The minimum atomic E-state index is 0. The van der Waals surface area contributed by atoms with Crippen molar-refractivity contribution >= 4 is 29.9 Å². The summed E-state index contributed by atoms with van der Waals surface area (Å²) in [7, 11) is 0. The number of benzene rings is 1. The van der Waals surface area contributed by atoms with Gasteiger partial charge in [0.15, 0.2) is 5.96 Å². The molecule has 1 aliphatic heterocycles. The Morgan fingerprint density at radius 1 is 1.15 bits per heavy atom. The zero-order valence-corrected chi connectivity index (χ0v) is 19.0. The number of hydrogen-bond donors (Lipinski definition) is 2. The van der Waals surface area contributed by atoms with E-state index in [0.29, 0.717) is 18.8 Å². The number of nitrogens with zero attached hydrogens (tertiary/aromatic N) is 2. The largest absolute Gasteiger partial charge is 0.373 e. The molecular formula is C20H35IN4O. The molecule has 0 radical (unpaired) electrons. The van der Waals surface area contributed by atoms with Gasteiger partial charge in [-0.3, -0.25) is 4.90 Å². The van der Waals surface area contributed by atoms with Crippen LogP contribution in [0.4, 0.5) is 0 Å². The van der Waals surface area contributed by atoms with E-state index in [1.165, 1.54) is 11.1 Å². The van der Waals surface area contributed by atoms with Crippen LogP contribution in [0.15, 0.2) is 29.3 Å². The molecule has 0 aliphatic carbocycles. The Labute approximate surface area is 176 Å². The summed E-state index contributed by atoms with van der Waals surface area (Å²) in [4.78, 5) is 7.18. The van der Waals surface area contributed by atoms with Gasteiger partial charge >= 0.3 is 0 Å². The number of aliphatic imine (C=N–C) groups is 1. The molecule has 1 saturated heterocycles. The molecule has 6 heteroatoms. The number of halogens is 1. The number of morpholine rings is 1. The van der Waals surface area contributed by atoms with E-state index in [0.717, 1.165) is 45.1 Å². The van der Waals surface area contributed by atoms with E-state index in [-0.39, 0.29) is 24.0 Å². The lowest BCUT2D eigenvalue weighted by Gasteiger charge is -2.35. The van der Waals surface area contributed by atoms with Crippen molar-refractivity contribution < 1.29 is 4.74 Å². The minimum absolute atomic E-state index is 0. The Morgan fingerprint density at radius 3 is 2.42 bits per heavy atom. The van der Waals surface area contributed by atoms with Crippen LogP contribution in [0, 0.1) is 6.92 Å². The van der Waals surface area contributed by atoms with Gasteiger partial charge in [0.05, 0.1) is 18.8 Å². The third-order valence-corrected chi connectivity index (χ3v) is 4.32. The van der Waals surface area contributed by atoms with E-state index in [1.54, 1.807) is 0 Å². The molecule has 5 nitrogen and oxygen atoms in total. The van der Waals surface area contributed by atoms with Gasteiger partial charge in [0.2, 0.25) is 0 Å². The SMILES string of the molecule is CCNC(=NCc1ccc(C)cc1)NCCCN1CC(C)OC(C)C1.I.